The number of amides is 1. The molecule has 2 N–H and O–H groups in total. The van der Waals surface area contributed by atoms with E-state index in [4.69, 9.17) is 0 Å². The van der Waals surface area contributed by atoms with Crippen LogP contribution in [0.3, 0.4) is 0 Å². The van der Waals surface area contributed by atoms with Crippen LogP contribution in [0.1, 0.15) is 32.1 Å². The maximum Gasteiger partial charge on any atom is 0.234 e. The van der Waals surface area contributed by atoms with Crippen molar-refractivity contribution in [1.82, 2.24) is 15.5 Å². The van der Waals surface area contributed by atoms with Gasteiger partial charge < -0.3 is 10.2 Å². The lowest BCUT2D eigenvalue weighted by atomic mass is 9.95. The highest BCUT2D eigenvalue weighted by Gasteiger charge is 2.16. The molecule has 0 aromatic heterocycles. The lowest BCUT2D eigenvalue weighted by molar-refractivity contribution is -0.121. The van der Waals surface area contributed by atoms with Crippen LogP contribution in [0.2, 0.25) is 0 Å². The van der Waals surface area contributed by atoms with Crippen molar-refractivity contribution in [2.45, 2.75) is 44.3 Å². The minimum atomic E-state index is 0.109. The summed E-state index contributed by atoms with van der Waals surface area (Å²) in [6, 6.07) is 0.396. The molecule has 0 aromatic rings. The average Bonchev–Trinajstić information content (AvgIpc) is 2.39. The lowest BCUT2D eigenvalue weighted by Crippen LogP contribution is -2.47. The van der Waals surface area contributed by atoms with Gasteiger partial charge in [0.1, 0.15) is 0 Å². The maximum atomic E-state index is 11.8. The summed E-state index contributed by atoms with van der Waals surface area (Å²) >= 11 is 0. The highest BCUT2D eigenvalue weighted by atomic mass is 16.2. The minimum Gasteiger partial charge on any atom is -0.362 e. The summed E-state index contributed by atoms with van der Waals surface area (Å²) in [7, 11) is 2.00. The largest absolute Gasteiger partial charge is 0.362 e. The third-order valence-corrected chi connectivity index (χ3v) is 3.61. The van der Waals surface area contributed by atoms with Gasteiger partial charge in [0.2, 0.25) is 5.91 Å². The Kier molecular flexibility index (Phi) is 4.81. The molecule has 2 rings (SSSR count). The van der Waals surface area contributed by atoms with E-state index in [2.05, 4.69) is 10.6 Å². The molecule has 18 heavy (non-hydrogen) atoms. The van der Waals surface area contributed by atoms with E-state index < -0.39 is 0 Å². The Balaban J connectivity index is 1.68. The quantitative estimate of drug-likeness (QED) is 0.791. The topological polar surface area (TPSA) is 44.4 Å². The smallest absolute Gasteiger partial charge is 0.234 e. The summed E-state index contributed by atoms with van der Waals surface area (Å²) < 4.78 is 0. The van der Waals surface area contributed by atoms with Crippen molar-refractivity contribution in [2.75, 3.05) is 13.6 Å². The van der Waals surface area contributed by atoms with Crippen LogP contribution in [0.15, 0.2) is 24.4 Å². The van der Waals surface area contributed by atoms with Crippen molar-refractivity contribution in [3.8, 4) is 0 Å². The number of nitrogens with one attached hydrogen (secondary N) is 2. The molecule has 0 bridgehead atoms. The molecule has 1 aliphatic carbocycles. The number of rotatable bonds is 4. The first kappa shape index (κ1) is 13.1. The highest BCUT2D eigenvalue weighted by Crippen LogP contribution is 2.17. The van der Waals surface area contributed by atoms with Crippen LogP contribution in [0.5, 0.6) is 0 Å². The predicted octanol–water partition coefficient (Wildman–Crippen LogP) is 1.37. The van der Waals surface area contributed by atoms with Crippen LogP contribution >= 0.6 is 0 Å². The summed E-state index contributed by atoms with van der Waals surface area (Å²) in [6.45, 7) is 0.379. The summed E-state index contributed by atoms with van der Waals surface area (Å²) in [5.74, 6) is 0.109. The van der Waals surface area contributed by atoms with Gasteiger partial charge in [0.15, 0.2) is 0 Å². The summed E-state index contributed by atoms with van der Waals surface area (Å²) in [4.78, 5) is 13.9. The van der Waals surface area contributed by atoms with Gasteiger partial charge in [0, 0.05) is 19.3 Å². The highest BCUT2D eigenvalue weighted by molar-refractivity contribution is 5.78. The zero-order valence-corrected chi connectivity index (χ0v) is 11.1. The van der Waals surface area contributed by atoms with Crippen LogP contribution < -0.4 is 10.6 Å². The molecular formula is C14H23N3O. The third-order valence-electron chi connectivity index (χ3n) is 3.61. The van der Waals surface area contributed by atoms with Crippen molar-refractivity contribution in [1.29, 1.82) is 0 Å². The molecule has 0 saturated heterocycles. The van der Waals surface area contributed by atoms with Gasteiger partial charge in [-0.15, -0.1) is 0 Å². The second-order valence-electron chi connectivity index (χ2n) is 5.12. The monoisotopic (exact) mass is 249 g/mol. The average molecular weight is 249 g/mol. The molecule has 1 aliphatic heterocycles. The summed E-state index contributed by atoms with van der Waals surface area (Å²) in [5, 5.41) is 6.35. The second kappa shape index (κ2) is 6.59. The molecule has 1 saturated carbocycles. The van der Waals surface area contributed by atoms with Crippen LogP contribution in [-0.2, 0) is 4.79 Å². The van der Waals surface area contributed by atoms with Gasteiger partial charge in [0.05, 0.1) is 12.7 Å². The summed E-state index contributed by atoms with van der Waals surface area (Å²) in [6.07, 6.45) is 14.2. The molecule has 1 unspecified atom stereocenters. The Morgan fingerprint density at radius 2 is 2.06 bits per heavy atom. The van der Waals surface area contributed by atoms with Gasteiger partial charge in [-0.2, -0.15) is 0 Å². The molecular weight excluding hydrogens is 226 g/mol. The molecule has 0 spiro atoms. The fraction of sp³-hybridized carbons (Fsp3) is 0.643. The number of likely N-dealkylation sites (N-methyl/N-ethyl adjacent to an activating group) is 1. The number of hydrogen-bond acceptors (Lipinski definition) is 3. The lowest BCUT2D eigenvalue weighted by Gasteiger charge is -2.28. The van der Waals surface area contributed by atoms with Gasteiger partial charge in [-0.3, -0.25) is 10.1 Å². The number of hydrogen-bond donors (Lipinski definition) is 2. The minimum absolute atomic E-state index is 0.109. The molecule has 0 aromatic carbocycles. The second-order valence-corrected chi connectivity index (χ2v) is 5.12. The third kappa shape index (κ3) is 3.88. The molecule has 100 valence electrons. The van der Waals surface area contributed by atoms with E-state index in [1.807, 2.05) is 36.4 Å². The Morgan fingerprint density at radius 1 is 1.28 bits per heavy atom. The molecule has 1 fully saturated rings. The van der Waals surface area contributed by atoms with Gasteiger partial charge in [0.25, 0.3) is 0 Å². The zero-order chi connectivity index (χ0) is 12.8. The van der Waals surface area contributed by atoms with Crippen molar-refractivity contribution in [2.24, 2.45) is 0 Å². The first-order valence-electron chi connectivity index (χ1n) is 6.85. The van der Waals surface area contributed by atoms with Crippen molar-refractivity contribution < 1.29 is 4.79 Å². The standard InChI is InChI=1S/C14H23N3O/c1-17-10-6-5-9-13(17)15-11-14(18)16-12-7-3-2-4-8-12/h5-6,9-10,12-13,15H,2-4,7-8,11H2,1H3,(H,16,18). The van der Waals surface area contributed by atoms with E-state index in [1.54, 1.807) is 0 Å². The van der Waals surface area contributed by atoms with Gasteiger partial charge in [-0.05, 0) is 25.0 Å². The van der Waals surface area contributed by atoms with E-state index in [9.17, 15) is 4.79 Å². The fourth-order valence-corrected chi connectivity index (χ4v) is 2.52. The van der Waals surface area contributed by atoms with E-state index in [0.29, 0.717) is 12.6 Å². The van der Waals surface area contributed by atoms with E-state index >= 15 is 0 Å². The molecule has 4 nitrogen and oxygen atoms in total. The number of carbonyl (C=O) groups is 1. The first-order valence-corrected chi connectivity index (χ1v) is 6.85. The maximum absolute atomic E-state index is 11.8. The number of allylic oxidation sites excluding steroid dienone is 2. The van der Waals surface area contributed by atoms with E-state index in [0.717, 1.165) is 12.8 Å². The van der Waals surface area contributed by atoms with Crippen molar-refractivity contribution in [3.63, 3.8) is 0 Å². The Morgan fingerprint density at radius 3 is 2.78 bits per heavy atom. The molecule has 2 aliphatic rings. The van der Waals surface area contributed by atoms with E-state index in [1.165, 1.54) is 19.3 Å². The number of carbonyl (C=O) groups excluding carboxylic acids is 1. The molecule has 1 heterocycles. The first-order chi connectivity index (χ1) is 8.75. The Hall–Kier alpha value is -1.29. The molecule has 1 atom stereocenters. The fourth-order valence-electron chi connectivity index (χ4n) is 2.52. The van der Waals surface area contributed by atoms with Gasteiger partial charge >= 0.3 is 0 Å². The van der Waals surface area contributed by atoms with Gasteiger partial charge in [-0.25, -0.2) is 0 Å². The van der Waals surface area contributed by atoms with Crippen LogP contribution in [0.25, 0.3) is 0 Å². The molecule has 1 amide bonds. The van der Waals surface area contributed by atoms with Gasteiger partial charge in [-0.1, -0.05) is 25.3 Å². The SMILES string of the molecule is CN1C=CC=CC1NCC(=O)NC1CCCCC1. The Bertz CT molecular complexity index is 332. The van der Waals surface area contributed by atoms with Crippen molar-refractivity contribution in [3.05, 3.63) is 24.4 Å². The van der Waals surface area contributed by atoms with Crippen LogP contribution in [-0.4, -0.2) is 36.6 Å². The predicted molar refractivity (Wildman–Crippen MR) is 72.8 cm³/mol. The number of nitrogens with zero attached hydrogens (tertiary/aromatic N) is 1. The Labute approximate surface area is 109 Å². The molecule has 0 radical (unpaired) electrons. The van der Waals surface area contributed by atoms with Crippen LogP contribution in [0, 0.1) is 0 Å². The normalized spacial score (nSPS) is 24.3. The summed E-state index contributed by atoms with van der Waals surface area (Å²) in [5.41, 5.74) is 0. The van der Waals surface area contributed by atoms with Crippen LogP contribution in [0.4, 0.5) is 0 Å². The molecule has 4 heteroatoms. The van der Waals surface area contributed by atoms with Crippen molar-refractivity contribution >= 4 is 5.91 Å². The van der Waals surface area contributed by atoms with E-state index in [-0.39, 0.29) is 12.1 Å². The zero-order valence-electron chi connectivity index (χ0n) is 11.1.